The molecule has 0 bridgehead atoms. The molecule has 0 saturated heterocycles. The van der Waals surface area contributed by atoms with E-state index in [9.17, 15) is 14.4 Å². The number of fused-ring (bicyclic) bond motifs is 1. The molecule has 1 aromatic heterocycles. The van der Waals surface area contributed by atoms with Crippen molar-refractivity contribution in [3.63, 3.8) is 0 Å². The van der Waals surface area contributed by atoms with Gasteiger partial charge in [-0.15, -0.1) is 0 Å². The standard InChI is InChI=1S/C24H21N3O3/c28-22(25-15-14-17-6-2-1-3-7-17)16-18-10-12-19(13-11-18)27-23(29)20-8-4-5-9-21(20)26-24(27)30/h1-13H,14-16H2,(H,25,28)(H,26,30). The minimum Gasteiger partial charge on any atom is -0.355 e. The Labute approximate surface area is 172 Å². The second-order valence-corrected chi connectivity index (χ2v) is 7.05. The molecule has 30 heavy (non-hydrogen) atoms. The molecule has 150 valence electrons. The summed E-state index contributed by atoms with van der Waals surface area (Å²) in [6.07, 6.45) is 1.01. The van der Waals surface area contributed by atoms with Crippen molar-refractivity contribution < 1.29 is 4.79 Å². The molecule has 0 aliphatic carbocycles. The number of H-pyrrole nitrogens is 1. The third kappa shape index (κ3) is 4.22. The van der Waals surface area contributed by atoms with Crippen LogP contribution in [0.15, 0.2) is 88.5 Å². The van der Waals surface area contributed by atoms with Gasteiger partial charge in [0.25, 0.3) is 5.56 Å². The van der Waals surface area contributed by atoms with Crippen LogP contribution in [0.3, 0.4) is 0 Å². The molecule has 3 aromatic carbocycles. The summed E-state index contributed by atoms with van der Waals surface area (Å²) in [6, 6.07) is 23.7. The molecule has 4 rings (SSSR count). The van der Waals surface area contributed by atoms with E-state index in [0.717, 1.165) is 16.6 Å². The van der Waals surface area contributed by atoms with Gasteiger partial charge in [0.05, 0.1) is 23.0 Å². The summed E-state index contributed by atoms with van der Waals surface area (Å²) in [6.45, 7) is 0.572. The van der Waals surface area contributed by atoms with E-state index in [0.29, 0.717) is 23.1 Å². The molecule has 0 aliphatic rings. The van der Waals surface area contributed by atoms with Crippen LogP contribution in [0.2, 0.25) is 0 Å². The lowest BCUT2D eigenvalue weighted by Gasteiger charge is -2.08. The van der Waals surface area contributed by atoms with Crippen LogP contribution in [0.5, 0.6) is 0 Å². The molecule has 6 nitrogen and oxygen atoms in total. The van der Waals surface area contributed by atoms with Crippen molar-refractivity contribution in [2.45, 2.75) is 12.8 Å². The zero-order valence-corrected chi connectivity index (χ0v) is 16.3. The number of carbonyl (C=O) groups excluding carboxylic acids is 1. The summed E-state index contributed by atoms with van der Waals surface area (Å²) in [5.41, 5.74) is 2.08. The van der Waals surface area contributed by atoms with Crippen LogP contribution in [0.25, 0.3) is 16.6 Å². The van der Waals surface area contributed by atoms with Crippen LogP contribution in [0, 0.1) is 0 Å². The number of hydrogen-bond acceptors (Lipinski definition) is 3. The molecule has 2 N–H and O–H groups in total. The third-order valence-electron chi connectivity index (χ3n) is 4.94. The highest BCUT2D eigenvalue weighted by molar-refractivity contribution is 5.79. The maximum absolute atomic E-state index is 12.7. The van der Waals surface area contributed by atoms with Crippen LogP contribution in [-0.4, -0.2) is 22.0 Å². The fourth-order valence-electron chi connectivity index (χ4n) is 3.40. The van der Waals surface area contributed by atoms with Crippen LogP contribution in [0.4, 0.5) is 0 Å². The average Bonchev–Trinajstić information content (AvgIpc) is 2.76. The number of rotatable bonds is 6. The number of aromatic nitrogens is 2. The smallest absolute Gasteiger partial charge is 0.333 e. The summed E-state index contributed by atoms with van der Waals surface area (Å²) in [7, 11) is 0. The summed E-state index contributed by atoms with van der Waals surface area (Å²) >= 11 is 0. The minimum atomic E-state index is -0.495. The van der Waals surface area contributed by atoms with Crippen LogP contribution in [-0.2, 0) is 17.6 Å². The van der Waals surface area contributed by atoms with E-state index in [-0.39, 0.29) is 17.9 Å². The highest BCUT2D eigenvalue weighted by atomic mass is 16.2. The minimum absolute atomic E-state index is 0.0700. The number of benzene rings is 3. The molecular formula is C24H21N3O3. The van der Waals surface area contributed by atoms with E-state index in [1.54, 1.807) is 48.5 Å². The second-order valence-electron chi connectivity index (χ2n) is 7.05. The second kappa shape index (κ2) is 8.61. The Kier molecular flexibility index (Phi) is 5.57. The van der Waals surface area contributed by atoms with E-state index >= 15 is 0 Å². The molecule has 0 atom stereocenters. The van der Waals surface area contributed by atoms with E-state index in [1.807, 2.05) is 30.3 Å². The van der Waals surface area contributed by atoms with Crippen molar-refractivity contribution in [1.82, 2.24) is 14.9 Å². The first-order valence-electron chi connectivity index (χ1n) is 9.76. The number of para-hydroxylation sites is 1. The van der Waals surface area contributed by atoms with E-state index in [1.165, 1.54) is 5.56 Å². The molecule has 0 saturated carbocycles. The first-order chi connectivity index (χ1) is 14.6. The highest BCUT2D eigenvalue weighted by Gasteiger charge is 2.10. The lowest BCUT2D eigenvalue weighted by Crippen LogP contribution is -2.33. The van der Waals surface area contributed by atoms with Crippen LogP contribution >= 0.6 is 0 Å². The maximum atomic E-state index is 12.7. The first kappa shape index (κ1) is 19.4. The number of hydrogen-bond donors (Lipinski definition) is 2. The van der Waals surface area contributed by atoms with Crippen molar-refractivity contribution in [2.24, 2.45) is 0 Å². The van der Waals surface area contributed by atoms with Gasteiger partial charge in [0.2, 0.25) is 5.91 Å². The van der Waals surface area contributed by atoms with Gasteiger partial charge in [0, 0.05) is 6.54 Å². The van der Waals surface area contributed by atoms with Crippen molar-refractivity contribution in [1.29, 1.82) is 0 Å². The predicted molar refractivity (Wildman–Crippen MR) is 117 cm³/mol. The Morgan fingerprint density at radius 3 is 2.30 bits per heavy atom. The Balaban J connectivity index is 1.44. The predicted octanol–water partition coefficient (Wildman–Crippen LogP) is 2.58. The number of aromatic amines is 1. The molecule has 0 aliphatic heterocycles. The average molecular weight is 399 g/mol. The van der Waals surface area contributed by atoms with E-state index < -0.39 is 5.69 Å². The van der Waals surface area contributed by atoms with Gasteiger partial charge < -0.3 is 10.3 Å². The summed E-state index contributed by atoms with van der Waals surface area (Å²) in [5, 5.41) is 3.36. The first-order valence-corrected chi connectivity index (χ1v) is 9.76. The third-order valence-corrected chi connectivity index (χ3v) is 4.94. The summed E-state index contributed by atoms with van der Waals surface area (Å²) in [5.74, 6) is -0.0700. The maximum Gasteiger partial charge on any atom is 0.333 e. The number of carbonyl (C=O) groups is 1. The Morgan fingerprint density at radius 1 is 0.833 bits per heavy atom. The van der Waals surface area contributed by atoms with Gasteiger partial charge >= 0.3 is 5.69 Å². The Hall–Kier alpha value is -3.93. The highest BCUT2D eigenvalue weighted by Crippen LogP contribution is 2.09. The quantitative estimate of drug-likeness (QED) is 0.523. The fraction of sp³-hybridized carbons (Fsp3) is 0.125. The van der Waals surface area contributed by atoms with Gasteiger partial charge in [0.1, 0.15) is 0 Å². The number of amides is 1. The Bertz CT molecular complexity index is 1290. The molecule has 0 spiro atoms. The fourth-order valence-corrected chi connectivity index (χ4v) is 3.40. The topological polar surface area (TPSA) is 84.0 Å². The molecule has 0 radical (unpaired) electrons. The molecule has 1 heterocycles. The Morgan fingerprint density at radius 2 is 1.53 bits per heavy atom. The number of nitrogens with one attached hydrogen (secondary N) is 2. The van der Waals surface area contributed by atoms with Gasteiger partial charge in [0.15, 0.2) is 0 Å². The van der Waals surface area contributed by atoms with Crippen molar-refractivity contribution >= 4 is 16.8 Å². The monoisotopic (exact) mass is 399 g/mol. The molecule has 1 amide bonds. The van der Waals surface area contributed by atoms with Crippen molar-refractivity contribution in [3.8, 4) is 5.69 Å². The van der Waals surface area contributed by atoms with Gasteiger partial charge in [-0.2, -0.15) is 0 Å². The zero-order chi connectivity index (χ0) is 20.9. The summed E-state index contributed by atoms with van der Waals surface area (Å²) in [4.78, 5) is 40.0. The van der Waals surface area contributed by atoms with Crippen molar-refractivity contribution in [2.75, 3.05) is 6.54 Å². The number of nitrogens with zero attached hydrogens (tertiary/aromatic N) is 1. The molecule has 0 fully saturated rings. The zero-order valence-electron chi connectivity index (χ0n) is 16.3. The SMILES string of the molecule is O=C(Cc1ccc(-n2c(=O)[nH]c3ccccc3c2=O)cc1)NCCc1ccccc1. The van der Waals surface area contributed by atoms with Crippen molar-refractivity contribution in [3.05, 3.63) is 111 Å². The normalized spacial score (nSPS) is 10.8. The summed E-state index contributed by atoms with van der Waals surface area (Å²) < 4.78 is 1.10. The van der Waals surface area contributed by atoms with Crippen LogP contribution < -0.4 is 16.6 Å². The molecular weight excluding hydrogens is 378 g/mol. The van der Waals surface area contributed by atoms with Gasteiger partial charge in [-0.25, -0.2) is 9.36 Å². The molecule has 4 aromatic rings. The van der Waals surface area contributed by atoms with E-state index in [4.69, 9.17) is 0 Å². The van der Waals surface area contributed by atoms with Gasteiger partial charge in [-0.3, -0.25) is 9.59 Å². The van der Waals surface area contributed by atoms with E-state index in [2.05, 4.69) is 10.3 Å². The lowest BCUT2D eigenvalue weighted by molar-refractivity contribution is -0.120. The molecule has 6 heteroatoms. The lowest BCUT2D eigenvalue weighted by atomic mass is 10.1. The van der Waals surface area contributed by atoms with Gasteiger partial charge in [-0.05, 0) is 41.8 Å². The van der Waals surface area contributed by atoms with Crippen LogP contribution in [0.1, 0.15) is 11.1 Å². The van der Waals surface area contributed by atoms with Gasteiger partial charge in [-0.1, -0.05) is 54.6 Å². The molecule has 0 unspecified atom stereocenters. The largest absolute Gasteiger partial charge is 0.355 e.